The van der Waals surface area contributed by atoms with Crippen LogP contribution in [-0.4, -0.2) is 48.7 Å². The molecule has 1 fully saturated rings. The minimum atomic E-state index is -0.334. The molecule has 1 aromatic rings. The molecule has 0 radical (unpaired) electrons. The maximum Gasteiger partial charge on any atom is 0.157 e. The molecule has 4 nitrogen and oxygen atoms in total. The van der Waals surface area contributed by atoms with Gasteiger partial charge in [0.15, 0.2) is 6.29 Å². The average Bonchev–Trinajstić information content (AvgIpc) is 2.58. The van der Waals surface area contributed by atoms with Crippen molar-refractivity contribution in [2.45, 2.75) is 59.0 Å². The van der Waals surface area contributed by atoms with Gasteiger partial charge in [0, 0.05) is 26.2 Å². The van der Waals surface area contributed by atoms with Crippen molar-refractivity contribution in [2.75, 3.05) is 26.3 Å². The van der Waals surface area contributed by atoms with Gasteiger partial charge in [0.1, 0.15) is 0 Å². The molecule has 1 N–H and O–H groups in total. The number of rotatable bonds is 8. The summed E-state index contributed by atoms with van der Waals surface area (Å²) in [5.74, 6) is 0. The third kappa shape index (κ3) is 9.06. The van der Waals surface area contributed by atoms with Gasteiger partial charge in [0.25, 0.3) is 0 Å². The largest absolute Gasteiger partial charge is 0.392 e. The van der Waals surface area contributed by atoms with Crippen molar-refractivity contribution < 1.29 is 14.6 Å². The van der Waals surface area contributed by atoms with E-state index in [1.807, 2.05) is 39.0 Å². The van der Waals surface area contributed by atoms with Crippen LogP contribution < -0.4 is 0 Å². The second-order valence-electron chi connectivity index (χ2n) is 5.74. The summed E-state index contributed by atoms with van der Waals surface area (Å²) < 4.78 is 11.4. The summed E-state index contributed by atoms with van der Waals surface area (Å²) in [6, 6.07) is 10.3. The Morgan fingerprint density at radius 1 is 1.26 bits per heavy atom. The van der Waals surface area contributed by atoms with Gasteiger partial charge in [0.05, 0.1) is 12.7 Å². The van der Waals surface area contributed by atoms with Gasteiger partial charge in [-0.15, -0.1) is 0 Å². The van der Waals surface area contributed by atoms with E-state index in [0.717, 1.165) is 32.5 Å². The zero-order valence-electron chi connectivity index (χ0n) is 14.9. The van der Waals surface area contributed by atoms with Crippen LogP contribution >= 0.6 is 0 Å². The summed E-state index contributed by atoms with van der Waals surface area (Å²) in [5.41, 5.74) is 1.26. The van der Waals surface area contributed by atoms with Gasteiger partial charge in [0.2, 0.25) is 0 Å². The standard InChI is InChI=1S/C17H27NO3.C2H6/c1-15(19)13-18(14-16-7-3-2-4-8-16)10-12-21-17-9-5-6-11-20-17;1-2/h2-4,7-8,15,17,19H,5-6,9-14H2,1H3;1-2H3. The summed E-state index contributed by atoms with van der Waals surface area (Å²) >= 11 is 0. The van der Waals surface area contributed by atoms with Gasteiger partial charge < -0.3 is 14.6 Å². The van der Waals surface area contributed by atoms with Crippen molar-refractivity contribution in [1.29, 1.82) is 0 Å². The fourth-order valence-corrected chi connectivity index (χ4v) is 2.61. The molecule has 0 saturated carbocycles. The minimum Gasteiger partial charge on any atom is -0.392 e. The Bertz CT molecular complexity index is 377. The second kappa shape index (κ2) is 12.5. The molecule has 132 valence electrons. The van der Waals surface area contributed by atoms with Crippen LogP contribution in [0.5, 0.6) is 0 Å². The van der Waals surface area contributed by atoms with Gasteiger partial charge in [-0.25, -0.2) is 0 Å². The highest BCUT2D eigenvalue weighted by Crippen LogP contribution is 2.13. The molecule has 0 aliphatic carbocycles. The third-order valence-electron chi connectivity index (χ3n) is 3.62. The number of ether oxygens (including phenoxy) is 2. The lowest BCUT2D eigenvalue weighted by Crippen LogP contribution is -2.35. The molecule has 2 rings (SSSR count). The highest BCUT2D eigenvalue weighted by atomic mass is 16.7. The summed E-state index contributed by atoms with van der Waals surface area (Å²) in [7, 11) is 0. The predicted molar refractivity (Wildman–Crippen MR) is 94.3 cm³/mol. The predicted octanol–water partition coefficient (Wildman–Crippen LogP) is 3.44. The molecule has 1 heterocycles. The van der Waals surface area contributed by atoms with E-state index < -0.39 is 0 Å². The van der Waals surface area contributed by atoms with Crippen molar-refractivity contribution in [3.63, 3.8) is 0 Å². The van der Waals surface area contributed by atoms with E-state index >= 15 is 0 Å². The van der Waals surface area contributed by atoms with E-state index in [1.54, 1.807) is 0 Å². The number of aliphatic hydroxyl groups excluding tert-OH is 1. The monoisotopic (exact) mass is 323 g/mol. The SMILES string of the molecule is CC.CC(O)CN(CCOC1CCCCO1)Cc1ccccc1. The van der Waals surface area contributed by atoms with E-state index in [9.17, 15) is 5.11 Å². The Morgan fingerprint density at radius 3 is 2.61 bits per heavy atom. The van der Waals surface area contributed by atoms with E-state index in [1.165, 1.54) is 12.0 Å². The van der Waals surface area contributed by atoms with E-state index in [4.69, 9.17) is 9.47 Å². The van der Waals surface area contributed by atoms with E-state index in [-0.39, 0.29) is 12.4 Å². The molecule has 23 heavy (non-hydrogen) atoms. The van der Waals surface area contributed by atoms with Crippen molar-refractivity contribution in [3.8, 4) is 0 Å². The Hall–Kier alpha value is -0.940. The Labute approximate surface area is 141 Å². The first kappa shape index (κ1) is 20.1. The van der Waals surface area contributed by atoms with Gasteiger partial charge in [-0.05, 0) is 31.7 Å². The Kier molecular flexibility index (Phi) is 10.9. The topological polar surface area (TPSA) is 41.9 Å². The van der Waals surface area contributed by atoms with Crippen molar-refractivity contribution in [2.24, 2.45) is 0 Å². The number of hydrogen-bond acceptors (Lipinski definition) is 4. The molecule has 1 saturated heterocycles. The van der Waals surface area contributed by atoms with Crippen LogP contribution in [0.4, 0.5) is 0 Å². The Morgan fingerprint density at radius 2 is 2.00 bits per heavy atom. The fraction of sp³-hybridized carbons (Fsp3) is 0.684. The van der Waals surface area contributed by atoms with E-state index in [2.05, 4.69) is 17.0 Å². The molecule has 0 bridgehead atoms. The fourth-order valence-electron chi connectivity index (χ4n) is 2.61. The lowest BCUT2D eigenvalue weighted by Gasteiger charge is -2.26. The van der Waals surface area contributed by atoms with Crippen LogP contribution in [-0.2, 0) is 16.0 Å². The number of aliphatic hydroxyl groups is 1. The van der Waals surface area contributed by atoms with Crippen LogP contribution in [0, 0.1) is 0 Å². The Balaban J connectivity index is 0.00000127. The average molecular weight is 323 g/mol. The van der Waals surface area contributed by atoms with Crippen LogP contribution in [0.1, 0.15) is 45.6 Å². The summed E-state index contributed by atoms with van der Waals surface area (Å²) in [6.07, 6.45) is 2.95. The van der Waals surface area contributed by atoms with Crippen LogP contribution in [0.3, 0.4) is 0 Å². The zero-order chi connectivity index (χ0) is 16.9. The molecule has 0 spiro atoms. The smallest absolute Gasteiger partial charge is 0.157 e. The highest BCUT2D eigenvalue weighted by Gasteiger charge is 2.15. The zero-order valence-corrected chi connectivity index (χ0v) is 14.9. The second-order valence-corrected chi connectivity index (χ2v) is 5.74. The maximum absolute atomic E-state index is 9.64. The molecule has 2 atom stereocenters. The van der Waals surface area contributed by atoms with Crippen LogP contribution in [0.25, 0.3) is 0 Å². The van der Waals surface area contributed by atoms with E-state index in [0.29, 0.717) is 13.2 Å². The first-order valence-electron chi connectivity index (χ1n) is 8.91. The lowest BCUT2D eigenvalue weighted by molar-refractivity contribution is -0.164. The number of hydrogen-bond donors (Lipinski definition) is 1. The molecule has 0 amide bonds. The number of benzene rings is 1. The molecular formula is C19H33NO3. The molecule has 1 aliphatic heterocycles. The van der Waals surface area contributed by atoms with Gasteiger partial charge in [-0.3, -0.25) is 4.90 Å². The minimum absolute atomic E-state index is 0.0381. The first-order valence-corrected chi connectivity index (χ1v) is 8.91. The summed E-state index contributed by atoms with van der Waals surface area (Å²) in [5, 5.41) is 9.64. The van der Waals surface area contributed by atoms with Crippen molar-refractivity contribution in [3.05, 3.63) is 35.9 Å². The molecule has 4 heteroatoms. The van der Waals surface area contributed by atoms with Crippen molar-refractivity contribution in [1.82, 2.24) is 4.90 Å². The molecular weight excluding hydrogens is 290 g/mol. The molecule has 1 aliphatic rings. The molecule has 1 aromatic carbocycles. The van der Waals surface area contributed by atoms with Gasteiger partial charge in [-0.1, -0.05) is 44.2 Å². The first-order chi connectivity index (χ1) is 11.2. The van der Waals surface area contributed by atoms with Gasteiger partial charge in [-0.2, -0.15) is 0 Å². The third-order valence-corrected chi connectivity index (χ3v) is 3.62. The summed E-state index contributed by atoms with van der Waals surface area (Å²) in [4.78, 5) is 2.23. The molecule has 2 unspecified atom stereocenters. The highest BCUT2D eigenvalue weighted by molar-refractivity contribution is 5.14. The van der Waals surface area contributed by atoms with Crippen LogP contribution in [0.15, 0.2) is 30.3 Å². The van der Waals surface area contributed by atoms with Crippen LogP contribution in [0.2, 0.25) is 0 Å². The lowest BCUT2D eigenvalue weighted by atomic mass is 10.2. The summed E-state index contributed by atoms with van der Waals surface area (Å²) in [6.45, 7) is 9.57. The van der Waals surface area contributed by atoms with Crippen molar-refractivity contribution >= 4 is 0 Å². The quantitative estimate of drug-likeness (QED) is 0.796. The number of nitrogens with zero attached hydrogens (tertiary/aromatic N) is 1. The normalized spacial score (nSPS) is 19.1. The maximum atomic E-state index is 9.64. The van der Waals surface area contributed by atoms with Gasteiger partial charge >= 0.3 is 0 Å². The molecule has 0 aromatic heterocycles.